The first-order valence-electron chi connectivity index (χ1n) is 5.50. The fourth-order valence-electron chi connectivity index (χ4n) is 1.57. The Morgan fingerprint density at radius 1 is 1.28 bits per heavy atom. The van der Waals surface area contributed by atoms with Gasteiger partial charge in [-0.05, 0) is 18.5 Å². The predicted molar refractivity (Wildman–Crippen MR) is 66.9 cm³/mol. The van der Waals surface area contributed by atoms with Crippen LogP contribution in [0.1, 0.15) is 6.92 Å². The lowest BCUT2D eigenvalue weighted by Crippen LogP contribution is -2.41. The van der Waals surface area contributed by atoms with Crippen molar-refractivity contribution in [1.29, 1.82) is 0 Å². The molecular formula is C9H13ClN4O3S. The second-order valence-corrected chi connectivity index (χ2v) is 6.40. The topological polar surface area (TPSA) is 85.3 Å². The number of aromatic nitrogens is 3. The van der Waals surface area contributed by atoms with Crippen molar-refractivity contribution < 1.29 is 13.2 Å². The SMILES string of the molecule is CCOc1nc(Cl)nc(N2CCS(=O)(=O)CC2)n1. The molecule has 0 atom stereocenters. The van der Waals surface area contributed by atoms with E-state index >= 15 is 0 Å². The average Bonchev–Trinajstić information content (AvgIpc) is 2.28. The van der Waals surface area contributed by atoms with E-state index in [2.05, 4.69) is 15.0 Å². The Bertz CT molecular complexity index is 523. The van der Waals surface area contributed by atoms with Gasteiger partial charge in [0.25, 0.3) is 0 Å². The molecule has 9 heteroatoms. The van der Waals surface area contributed by atoms with Gasteiger partial charge in [0.2, 0.25) is 11.2 Å². The highest BCUT2D eigenvalue weighted by molar-refractivity contribution is 7.91. The average molecular weight is 293 g/mol. The van der Waals surface area contributed by atoms with Crippen molar-refractivity contribution >= 4 is 27.4 Å². The summed E-state index contributed by atoms with van der Waals surface area (Å²) in [6, 6.07) is 0.154. The Morgan fingerprint density at radius 2 is 1.94 bits per heavy atom. The van der Waals surface area contributed by atoms with Gasteiger partial charge in [-0.2, -0.15) is 15.0 Å². The molecule has 2 heterocycles. The fourth-order valence-corrected chi connectivity index (χ4v) is 2.92. The molecule has 0 amide bonds. The quantitative estimate of drug-likeness (QED) is 0.784. The number of anilines is 1. The minimum Gasteiger partial charge on any atom is -0.464 e. The number of nitrogens with zero attached hydrogens (tertiary/aromatic N) is 4. The summed E-state index contributed by atoms with van der Waals surface area (Å²) >= 11 is 5.77. The summed E-state index contributed by atoms with van der Waals surface area (Å²) in [6.45, 7) is 2.95. The van der Waals surface area contributed by atoms with Crippen LogP contribution in [0.15, 0.2) is 0 Å². The van der Waals surface area contributed by atoms with Gasteiger partial charge in [-0.1, -0.05) is 0 Å². The lowest BCUT2D eigenvalue weighted by Gasteiger charge is -2.26. The standard InChI is InChI=1S/C9H13ClN4O3S/c1-2-17-9-12-7(10)11-8(13-9)14-3-5-18(15,16)6-4-14/h2-6H2,1H3. The Labute approximate surface area is 110 Å². The van der Waals surface area contributed by atoms with Crippen LogP contribution in [0.5, 0.6) is 6.01 Å². The molecule has 0 aromatic carbocycles. The molecule has 18 heavy (non-hydrogen) atoms. The normalized spacial score (nSPS) is 18.7. The molecule has 0 saturated carbocycles. The zero-order valence-corrected chi connectivity index (χ0v) is 11.4. The van der Waals surface area contributed by atoms with Gasteiger partial charge in [0.15, 0.2) is 9.84 Å². The molecule has 0 unspecified atom stereocenters. The first-order valence-corrected chi connectivity index (χ1v) is 7.70. The van der Waals surface area contributed by atoms with E-state index in [1.54, 1.807) is 4.90 Å². The van der Waals surface area contributed by atoms with Crippen LogP contribution in [0.3, 0.4) is 0 Å². The molecule has 0 radical (unpaired) electrons. The van der Waals surface area contributed by atoms with E-state index in [9.17, 15) is 8.42 Å². The van der Waals surface area contributed by atoms with Crippen LogP contribution >= 0.6 is 11.6 Å². The van der Waals surface area contributed by atoms with Crippen LogP contribution in [-0.4, -0.2) is 54.6 Å². The summed E-state index contributed by atoms with van der Waals surface area (Å²) in [4.78, 5) is 13.7. The van der Waals surface area contributed by atoms with Gasteiger partial charge in [-0.3, -0.25) is 0 Å². The number of hydrogen-bond acceptors (Lipinski definition) is 7. The van der Waals surface area contributed by atoms with Crippen molar-refractivity contribution in [2.75, 3.05) is 36.1 Å². The van der Waals surface area contributed by atoms with Crippen molar-refractivity contribution in [2.24, 2.45) is 0 Å². The lowest BCUT2D eigenvalue weighted by atomic mass is 10.5. The molecule has 2 rings (SSSR count). The van der Waals surface area contributed by atoms with Crippen LogP contribution < -0.4 is 9.64 Å². The van der Waals surface area contributed by atoms with E-state index in [1.165, 1.54) is 0 Å². The smallest absolute Gasteiger partial charge is 0.322 e. The van der Waals surface area contributed by atoms with Crippen LogP contribution in [0.2, 0.25) is 5.28 Å². The minimum absolute atomic E-state index is 0.0388. The molecule has 0 N–H and O–H groups in total. The second-order valence-electron chi connectivity index (χ2n) is 3.76. The van der Waals surface area contributed by atoms with E-state index in [0.717, 1.165) is 0 Å². The summed E-state index contributed by atoms with van der Waals surface area (Å²) in [5.74, 6) is 0.550. The molecule has 1 saturated heterocycles. The number of ether oxygens (including phenoxy) is 1. The molecule has 1 fully saturated rings. The van der Waals surface area contributed by atoms with Crippen molar-refractivity contribution in [3.63, 3.8) is 0 Å². The van der Waals surface area contributed by atoms with Crippen LogP contribution in [-0.2, 0) is 9.84 Å². The van der Waals surface area contributed by atoms with Crippen LogP contribution in [0.4, 0.5) is 5.95 Å². The second kappa shape index (κ2) is 5.23. The van der Waals surface area contributed by atoms with Gasteiger partial charge in [0, 0.05) is 13.1 Å². The largest absolute Gasteiger partial charge is 0.464 e. The highest BCUT2D eigenvalue weighted by Crippen LogP contribution is 2.17. The Morgan fingerprint density at radius 3 is 2.56 bits per heavy atom. The Balaban J connectivity index is 2.18. The third kappa shape index (κ3) is 3.20. The number of halogens is 1. The molecule has 1 aliphatic heterocycles. The number of sulfone groups is 1. The molecule has 0 spiro atoms. The monoisotopic (exact) mass is 292 g/mol. The number of hydrogen-bond donors (Lipinski definition) is 0. The van der Waals surface area contributed by atoms with Crippen molar-refractivity contribution in [2.45, 2.75) is 6.92 Å². The highest BCUT2D eigenvalue weighted by Gasteiger charge is 2.24. The van der Waals surface area contributed by atoms with E-state index < -0.39 is 9.84 Å². The Kier molecular flexibility index (Phi) is 3.86. The van der Waals surface area contributed by atoms with E-state index in [-0.39, 0.29) is 22.8 Å². The summed E-state index contributed by atoms with van der Waals surface area (Å²) in [6.07, 6.45) is 0. The van der Waals surface area contributed by atoms with Gasteiger partial charge < -0.3 is 9.64 Å². The third-order valence-corrected chi connectivity index (χ3v) is 4.25. The lowest BCUT2D eigenvalue weighted by molar-refractivity contribution is 0.311. The van der Waals surface area contributed by atoms with Gasteiger partial charge >= 0.3 is 6.01 Å². The number of rotatable bonds is 3. The van der Waals surface area contributed by atoms with Crippen molar-refractivity contribution in [3.05, 3.63) is 5.28 Å². The summed E-state index contributed by atoms with van der Waals surface area (Å²) in [7, 11) is -2.93. The molecule has 0 bridgehead atoms. The molecule has 1 aromatic heterocycles. The summed E-state index contributed by atoms with van der Waals surface area (Å²) in [5.41, 5.74) is 0. The Hall–Kier alpha value is -1.15. The van der Waals surface area contributed by atoms with E-state index in [4.69, 9.17) is 16.3 Å². The highest BCUT2D eigenvalue weighted by atomic mass is 35.5. The van der Waals surface area contributed by atoms with Gasteiger partial charge in [-0.15, -0.1) is 0 Å². The van der Waals surface area contributed by atoms with Gasteiger partial charge in [0.05, 0.1) is 18.1 Å². The van der Waals surface area contributed by atoms with Gasteiger partial charge in [-0.25, -0.2) is 8.42 Å². The van der Waals surface area contributed by atoms with E-state index in [0.29, 0.717) is 25.6 Å². The van der Waals surface area contributed by atoms with Crippen LogP contribution in [0, 0.1) is 0 Å². The molecule has 100 valence electrons. The van der Waals surface area contributed by atoms with E-state index in [1.807, 2.05) is 6.92 Å². The van der Waals surface area contributed by atoms with Gasteiger partial charge in [0.1, 0.15) is 0 Å². The third-order valence-electron chi connectivity index (χ3n) is 2.48. The first-order chi connectivity index (χ1) is 8.50. The summed E-state index contributed by atoms with van der Waals surface area (Å²) < 4.78 is 27.8. The minimum atomic E-state index is -2.93. The molecule has 0 aliphatic carbocycles. The molecule has 7 nitrogen and oxygen atoms in total. The van der Waals surface area contributed by atoms with Crippen molar-refractivity contribution in [1.82, 2.24) is 15.0 Å². The molecular weight excluding hydrogens is 280 g/mol. The molecule has 1 aliphatic rings. The maximum absolute atomic E-state index is 11.3. The zero-order chi connectivity index (χ0) is 13.2. The predicted octanol–water partition coefficient (Wildman–Crippen LogP) is 0.158. The zero-order valence-electron chi connectivity index (χ0n) is 9.84. The van der Waals surface area contributed by atoms with Crippen LogP contribution in [0.25, 0.3) is 0 Å². The summed E-state index contributed by atoms with van der Waals surface area (Å²) in [5, 5.41) is 0.0388. The molecule has 1 aromatic rings. The maximum Gasteiger partial charge on any atom is 0.322 e. The first kappa shape index (κ1) is 13.3. The fraction of sp³-hybridized carbons (Fsp3) is 0.667. The maximum atomic E-state index is 11.3. The van der Waals surface area contributed by atoms with Crippen molar-refractivity contribution in [3.8, 4) is 6.01 Å².